The highest BCUT2D eigenvalue weighted by Crippen LogP contribution is 2.27. The van der Waals surface area contributed by atoms with E-state index in [-0.39, 0.29) is 17.1 Å². The van der Waals surface area contributed by atoms with E-state index in [2.05, 4.69) is 24.3 Å². The lowest BCUT2D eigenvalue weighted by Crippen LogP contribution is -2.10. The number of sulfone groups is 1. The summed E-state index contributed by atoms with van der Waals surface area (Å²) in [5.74, 6) is -1.50. The Morgan fingerprint density at radius 2 is 1.41 bits per heavy atom. The molecule has 2 aliphatic rings. The molecule has 2 aliphatic carbocycles. The summed E-state index contributed by atoms with van der Waals surface area (Å²) >= 11 is 0. The van der Waals surface area contributed by atoms with Crippen molar-refractivity contribution in [2.75, 3.05) is 5.75 Å². The van der Waals surface area contributed by atoms with Crippen molar-refractivity contribution in [3.8, 4) is 11.1 Å². The van der Waals surface area contributed by atoms with Crippen LogP contribution in [0.3, 0.4) is 0 Å². The van der Waals surface area contributed by atoms with Crippen LogP contribution >= 0.6 is 0 Å². The van der Waals surface area contributed by atoms with E-state index in [1.807, 2.05) is 30.3 Å². The van der Waals surface area contributed by atoms with Crippen molar-refractivity contribution in [1.29, 1.82) is 0 Å². The molecule has 2 aromatic rings. The van der Waals surface area contributed by atoms with Gasteiger partial charge in [0.05, 0.1) is 17.1 Å². The monoisotopic (exact) mass is 380 g/mol. The second-order valence-corrected chi connectivity index (χ2v) is 8.46. The lowest BCUT2D eigenvalue weighted by Gasteiger charge is -2.05. The highest BCUT2D eigenvalue weighted by atomic mass is 32.2. The van der Waals surface area contributed by atoms with Gasteiger partial charge in [0, 0.05) is 0 Å². The zero-order valence-electron chi connectivity index (χ0n) is 14.7. The van der Waals surface area contributed by atoms with E-state index in [0.717, 1.165) is 11.1 Å². The fourth-order valence-electron chi connectivity index (χ4n) is 2.84. The molecule has 1 N–H and O–H groups in total. The SMILES string of the molecule is C1=CC2=CC=C1C2.O=C(O)CCS(=O)(=O)c1ccc(-c2ccccc2)cc1. The summed E-state index contributed by atoms with van der Waals surface area (Å²) in [7, 11) is -3.54. The van der Waals surface area contributed by atoms with Gasteiger partial charge in [0.2, 0.25) is 0 Å². The van der Waals surface area contributed by atoms with Crippen LogP contribution in [0.25, 0.3) is 11.1 Å². The molecule has 0 unspecified atom stereocenters. The smallest absolute Gasteiger partial charge is 0.304 e. The number of fused-ring (bicyclic) bond motifs is 2. The van der Waals surface area contributed by atoms with Crippen LogP contribution in [0.2, 0.25) is 0 Å². The van der Waals surface area contributed by atoms with Gasteiger partial charge in [0.15, 0.2) is 9.84 Å². The molecule has 0 radical (unpaired) electrons. The van der Waals surface area contributed by atoms with Crippen molar-refractivity contribution < 1.29 is 18.3 Å². The van der Waals surface area contributed by atoms with Crippen LogP contribution in [-0.4, -0.2) is 25.2 Å². The van der Waals surface area contributed by atoms with Crippen molar-refractivity contribution in [3.05, 3.63) is 90.0 Å². The summed E-state index contributed by atoms with van der Waals surface area (Å²) in [5.41, 5.74) is 4.86. The van der Waals surface area contributed by atoms with Crippen molar-refractivity contribution in [2.24, 2.45) is 0 Å². The molecular formula is C22H20O4S. The minimum atomic E-state index is -3.54. The number of hydrogen-bond donors (Lipinski definition) is 1. The maximum absolute atomic E-state index is 11.9. The molecule has 4 nitrogen and oxygen atoms in total. The number of allylic oxidation sites excluding steroid dienone is 6. The van der Waals surface area contributed by atoms with Gasteiger partial charge in [0.1, 0.15) is 0 Å². The van der Waals surface area contributed by atoms with Gasteiger partial charge in [-0.1, -0.05) is 66.8 Å². The maximum Gasteiger partial charge on any atom is 0.304 e. The largest absolute Gasteiger partial charge is 0.481 e. The van der Waals surface area contributed by atoms with E-state index in [1.165, 1.54) is 29.7 Å². The molecule has 4 rings (SSSR count). The highest BCUT2D eigenvalue weighted by molar-refractivity contribution is 7.91. The van der Waals surface area contributed by atoms with Crippen LogP contribution in [-0.2, 0) is 14.6 Å². The molecule has 27 heavy (non-hydrogen) atoms. The Kier molecular flexibility index (Phi) is 5.72. The predicted molar refractivity (Wildman–Crippen MR) is 106 cm³/mol. The maximum atomic E-state index is 11.9. The minimum Gasteiger partial charge on any atom is -0.481 e. The Balaban J connectivity index is 0.000000246. The molecular weight excluding hydrogens is 360 g/mol. The van der Waals surface area contributed by atoms with Gasteiger partial charge in [-0.15, -0.1) is 0 Å². The third kappa shape index (κ3) is 5.05. The first kappa shape index (κ1) is 18.9. The Hall–Kier alpha value is -2.92. The average molecular weight is 380 g/mol. The normalized spacial score (nSPS) is 14.2. The molecule has 0 amide bonds. The first-order valence-corrected chi connectivity index (χ1v) is 10.3. The van der Waals surface area contributed by atoms with Gasteiger partial charge in [0.25, 0.3) is 0 Å². The zero-order chi connectivity index (χ0) is 19.3. The zero-order valence-corrected chi connectivity index (χ0v) is 15.5. The molecule has 0 aromatic heterocycles. The Bertz CT molecular complexity index is 992. The van der Waals surface area contributed by atoms with Crippen LogP contribution in [0.1, 0.15) is 12.8 Å². The summed E-state index contributed by atoms with van der Waals surface area (Å²) in [4.78, 5) is 10.6. The van der Waals surface area contributed by atoms with Gasteiger partial charge in [-0.25, -0.2) is 8.42 Å². The van der Waals surface area contributed by atoms with Crippen molar-refractivity contribution in [1.82, 2.24) is 0 Å². The van der Waals surface area contributed by atoms with E-state index < -0.39 is 15.8 Å². The quantitative estimate of drug-likeness (QED) is 0.834. The first-order chi connectivity index (χ1) is 12.9. The average Bonchev–Trinajstić information content (AvgIpc) is 3.34. The molecule has 5 heteroatoms. The van der Waals surface area contributed by atoms with Crippen molar-refractivity contribution in [3.63, 3.8) is 0 Å². The van der Waals surface area contributed by atoms with Crippen LogP contribution in [0.5, 0.6) is 0 Å². The third-order valence-corrected chi connectivity index (χ3v) is 6.07. The van der Waals surface area contributed by atoms with E-state index in [0.29, 0.717) is 0 Å². The molecule has 0 heterocycles. The summed E-state index contributed by atoms with van der Waals surface area (Å²) < 4.78 is 23.8. The lowest BCUT2D eigenvalue weighted by molar-refractivity contribution is -0.136. The van der Waals surface area contributed by atoms with Gasteiger partial charge in [-0.05, 0) is 40.8 Å². The molecule has 2 bridgehead atoms. The number of rotatable bonds is 5. The molecule has 0 fully saturated rings. The van der Waals surface area contributed by atoms with E-state index in [1.54, 1.807) is 12.1 Å². The molecule has 0 aliphatic heterocycles. The molecule has 0 atom stereocenters. The van der Waals surface area contributed by atoms with Crippen LogP contribution < -0.4 is 0 Å². The predicted octanol–water partition coefficient (Wildman–Crippen LogP) is 4.41. The lowest BCUT2D eigenvalue weighted by atomic mass is 10.1. The minimum absolute atomic E-state index is 0.151. The summed E-state index contributed by atoms with van der Waals surface area (Å²) in [6.07, 6.45) is 9.51. The fourth-order valence-corrected chi connectivity index (χ4v) is 4.07. The van der Waals surface area contributed by atoms with Gasteiger partial charge in [-0.3, -0.25) is 4.79 Å². The van der Waals surface area contributed by atoms with E-state index in [4.69, 9.17) is 5.11 Å². The fraction of sp³-hybridized carbons (Fsp3) is 0.136. The van der Waals surface area contributed by atoms with Gasteiger partial charge >= 0.3 is 5.97 Å². The number of benzene rings is 2. The number of carboxylic acids is 1. The van der Waals surface area contributed by atoms with Crippen LogP contribution in [0, 0.1) is 0 Å². The van der Waals surface area contributed by atoms with Crippen molar-refractivity contribution in [2.45, 2.75) is 17.7 Å². The summed E-state index contributed by atoms with van der Waals surface area (Å²) in [6, 6.07) is 16.1. The Morgan fingerprint density at radius 3 is 1.85 bits per heavy atom. The molecule has 0 saturated carbocycles. The van der Waals surface area contributed by atoms with Crippen LogP contribution in [0.4, 0.5) is 0 Å². The number of carbonyl (C=O) groups is 1. The highest BCUT2D eigenvalue weighted by Gasteiger charge is 2.16. The third-order valence-electron chi connectivity index (χ3n) is 4.34. The van der Waals surface area contributed by atoms with Crippen molar-refractivity contribution >= 4 is 15.8 Å². The first-order valence-electron chi connectivity index (χ1n) is 8.62. The molecule has 0 saturated heterocycles. The van der Waals surface area contributed by atoms with Gasteiger partial charge < -0.3 is 5.11 Å². The Labute approximate surface area is 159 Å². The summed E-state index contributed by atoms with van der Waals surface area (Å²) in [6.45, 7) is 0. The van der Waals surface area contributed by atoms with E-state index >= 15 is 0 Å². The standard InChI is InChI=1S/C15H14O4S.C7H6/c16-15(17)10-11-20(18,19)14-8-6-13(7-9-14)12-4-2-1-3-5-12;1-2-7-4-3-6(1)5-7/h1-9H,10-11H2,(H,16,17);1-4H,5H2. The van der Waals surface area contributed by atoms with E-state index in [9.17, 15) is 13.2 Å². The number of aliphatic carboxylic acids is 1. The second-order valence-electron chi connectivity index (χ2n) is 6.35. The molecule has 2 aromatic carbocycles. The Morgan fingerprint density at radius 1 is 0.852 bits per heavy atom. The number of hydrogen-bond acceptors (Lipinski definition) is 3. The molecule has 0 spiro atoms. The van der Waals surface area contributed by atoms with Gasteiger partial charge in [-0.2, -0.15) is 0 Å². The summed E-state index contributed by atoms with van der Waals surface area (Å²) in [5, 5.41) is 8.55. The topological polar surface area (TPSA) is 71.4 Å². The van der Waals surface area contributed by atoms with Crippen LogP contribution in [0.15, 0.2) is 94.9 Å². The number of carboxylic acid groups (broad SMARTS) is 1. The second kappa shape index (κ2) is 8.18. The molecule has 138 valence electrons.